The number of carbonyl (C=O) groups is 1. The third-order valence-electron chi connectivity index (χ3n) is 5.33. The number of hydrogen-bond acceptors (Lipinski definition) is 3. The predicted molar refractivity (Wildman–Crippen MR) is 85.9 cm³/mol. The van der Waals surface area contributed by atoms with Gasteiger partial charge >= 0.3 is 12.3 Å². The second-order valence-corrected chi connectivity index (χ2v) is 7.18. The maximum atomic E-state index is 13.4. The van der Waals surface area contributed by atoms with Crippen molar-refractivity contribution >= 4 is 17.5 Å². The molecule has 3 heterocycles. The van der Waals surface area contributed by atoms with Crippen LogP contribution in [0.4, 0.5) is 23.7 Å². The minimum Gasteiger partial charge on any atom is -0.437 e. The number of rotatable bonds is 0. The van der Waals surface area contributed by atoms with E-state index in [0.29, 0.717) is 29.9 Å². The lowest BCUT2D eigenvalue weighted by atomic mass is 9.71. The number of carbonyl (C=O) groups excluding carboxylic acids is 1. The van der Waals surface area contributed by atoms with Gasteiger partial charge in [0.2, 0.25) is 0 Å². The van der Waals surface area contributed by atoms with Gasteiger partial charge in [0.15, 0.2) is 0 Å². The van der Waals surface area contributed by atoms with Gasteiger partial charge in [0.1, 0.15) is 5.60 Å². The van der Waals surface area contributed by atoms with E-state index in [9.17, 15) is 18.0 Å². The van der Waals surface area contributed by atoms with Crippen LogP contribution in [-0.2, 0) is 16.3 Å². The molecule has 0 radical (unpaired) electrons. The average molecular weight is 350 g/mol. The number of cyclic esters (lactones) is 1. The number of para-hydroxylation sites is 1. The summed E-state index contributed by atoms with van der Waals surface area (Å²) in [5, 5.41) is 0. The fraction of sp³-hybridized carbons (Fsp3) is 0.444. The van der Waals surface area contributed by atoms with E-state index in [4.69, 9.17) is 4.74 Å². The number of allylic oxidation sites excluding steroid dienone is 1. The molecule has 0 N–H and O–H groups in total. The molecule has 4 nitrogen and oxygen atoms in total. The van der Waals surface area contributed by atoms with Crippen LogP contribution in [0.5, 0.6) is 0 Å². The Labute approximate surface area is 143 Å². The summed E-state index contributed by atoms with van der Waals surface area (Å²) >= 11 is 0. The van der Waals surface area contributed by atoms with Crippen molar-refractivity contribution in [2.24, 2.45) is 4.99 Å². The summed E-state index contributed by atoms with van der Waals surface area (Å²) in [5.74, 6) is 0. The molecule has 0 aliphatic carbocycles. The van der Waals surface area contributed by atoms with Crippen LogP contribution >= 0.6 is 0 Å². The summed E-state index contributed by atoms with van der Waals surface area (Å²) in [7, 11) is 0. The van der Waals surface area contributed by atoms with E-state index in [1.165, 1.54) is 6.07 Å². The molecule has 1 amide bonds. The Bertz CT molecular complexity index is 854. The van der Waals surface area contributed by atoms with Crippen molar-refractivity contribution in [1.82, 2.24) is 4.90 Å². The van der Waals surface area contributed by atoms with Crippen LogP contribution in [0.3, 0.4) is 0 Å². The maximum Gasteiger partial charge on any atom is 0.418 e. The second kappa shape index (κ2) is 4.65. The van der Waals surface area contributed by atoms with Gasteiger partial charge in [0.05, 0.1) is 22.4 Å². The van der Waals surface area contributed by atoms with Crippen molar-refractivity contribution in [2.75, 3.05) is 6.54 Å². The fourth-order valence-electron chi connectivity index (χ4n) is 4.02. The summed E-state index contributed by atoms with van der Waals surface area (Å²) in [6.07, 6.45) is -2.53. The van der Waals surface area contributed by atoms with Gasteiger partial charge in [-0.15, -0.1) is 0 Å². The third-order valence-corrected chi connectivity index (χ3v) is 5.33. The van der Waals surface area contributed by atoms with E-state index in [1.54, 1.807) is 31.7 Å². The summed E-state index contributed by atoms with van der Waals surface area (Å²) in [6, 6.07) is 4.18. The zero-order valence-electron chi connectivity index (χ0n) is 14.1. The standard InChI is InChI=1S/C18H17F3N2O2/c1-10-17(7-8-23-13(9-17)16(2,3)25-15(23)24)11-5-4-6-12(14(11)22-10)18(19,20)21/h4-6,9H,7-8H2,1-3H3. The highest BCUT2D eigenvalue weighted by Gasteiger charge is 2.52. The third kappa shape index (κ3) is 2.07. The molecule has 4 rings (SSSR count). The lowest BCUT2D eigenvalue weighted by molar-refractivity contribution is -0.137. The van der Waals surface area contributed by atoms with E-state index >= 15 is 0 Å². The van der Waals surface area contributed by atoms with Gasteiger partial charge in [-0.3, -0.25) is 9.89 Å². The quantitative estimate of drug-likeness (QED) is 0.688. The molecule has 1 aromatic rings. The van der Waals surface area contributed by atoms with Crippen LogP contribution in [0, 0.1) is 0 Å². The van der Waals surface area contributed by atoms with Crippen LogP contribution in [-0.4, -0.2) is 28.9 Å². The fourth-order valence-corrected chi connectivity index (χ4v) is 4.02. The second-order valence-electron chi connectivity index (χ2n) is 7.18. The highest BCUT2D eigenvalue weighted by molar-refractivity contribution is 6.03. The molecule has 0 aromatic heterocycles. The van der Waals surface area contributed by atoms with Crippen molar-refractivity contribution in [3.05, 3.63) is 41.1 Å². The van der Waals surface area contributed by atoms with E-state index in [0.717, 1.165) is 6.07 Å². The van der Waals surface area contributed by atoms with Gasteiger partial charge in [0.25, 0.3) is 0 Å². The monoisotopic (exact) mass is 350 g/mol. The van der Waals surface area contributed by atoms with Crippen LogP contribution in [0.2, 0.25) is 0 Å². The zero-order chi connectivity index (χ0) is 18.2. The number of hydrogen-bond donors (Lipinski definition) is 0. The normalized spacial score (nSPS) is 27.0. The number of fused-ring (bicyclic) bond motifs is 3. The number of ether oxygens (including phenoxy) is 1. The minimum atomic E-state index is -4.46. The Morgan fingerprint density at radius 2 is 2.00 bits per heavy atom. The van der Waals surface area contributed by atoms with E-state index < -0.39 is 28.8 Å². The van der Waals surface area contributed by atoms with Gasteiger partial charge in [0, 0.05) is 12.3 Å². The summed E-state index contributed by atoms with van der Waals surface area (Å²) < 4.78 is 45.5. The predicted octanol–water partition coefficient (Wildman–Crippen LogP) is 4.57. The van der Waals surface area contributed by atoms with Gasteiger partial charge in [-0.05, 0) is 44.9 Å². The largest absolute Gasteiger partial charge is 0.437 e. The van der Waals surface area contributed by atoms with Gasteiger partial charge in [-0.25, -0.2) is 4.79 Å². The van der Waals surface area contributed by atoms with Gasteiger partial charge in [-0.1, -0.05) is 12.1 Å². The molecule has 3 aliphatic heterocycles. The molecular formula is C18H17F3N2O2. The molecule has 0 saturated carbocycles. The lowest BCUT2D eigenvalue weighted by Crippen LogP contribution is -2.42. The van der Waals surface area contributed by atoms with Crippen LogP contribution < -0.4 is 0 Å². The molecule has 3 aliphatic rings. The van der Waals surface area contributed by atoms with Gasteiger partial charge < -0.3 is 4.74 Å². The average Bonchev–Trinajstić information content (AvgIpc) is 2.90. The first-order valence-electron chi connectivity index (χ1n) is 8.06. The van der Waals surface area contributed by atoms with Gasteiger partial charge in [-0.2, -0.15) is 13.2 Å². The van der Waals surface area contributed by atoms with Crippen LogP contribution in [0.25, 0.3) is 0 Å². The zero-order valence-corrected chi connectivity index (χ0v) is 14.1. The Balaban J connectivity index is 1.93. The first-order chi connectivity index (χ1) is 11.6. The first kappa shape index (κ1) is 16.2. The number of halogens is 3. The number of alkyl halides is 3. The molecule has 1 saturated heterocycles. The van der Waals surface area contributed by atoms with Crippen molar-refractivity contribution in [1.29, 1.82) is 0 Å². The topological polar surface area (TPSA) is 41.9 Å². The first-order valence-corrected chi connectivity index (χ1v) is 8.06. The maximum absolute atomic E-state index is 13.4. The molecule has 7 heteroatoms. The van der Waals surface area contributed by atoms with Crippen LogP contribution in [0.1, 0.15) is 38.3 Å². The highest BCUT2D eigenvalue weighted by Crippen LogP contribution is 2.52. The number of amides is 1. The number of aliphatic imine (C=N–C) groups is 1. The SMILES string of the molecule is CC1=Nc2c(C(F)(F)F)cccc2C12C=C1N(CC2)C(=O)OC1(C)C. The molecule has 1 aromatic carbocycles. The minimum absolute atomic E-state index is 0.0131. The molecule has 1 fully saturated rings. The molecular weight excluding hydrogens is 333 g/mol. The number of nitrogens with zero attached hydrogens (tertiary/aromatic N) is 2. The Kier molecular flexibility index (Phi) is 3.01. The summed E-state index contributed by atoms with van der Waals surface area (Å²) in [6.45, 7) is 5.70. The van der Waals surface area contributed by atoms with Crippen LogP contribution in [0.15, 0.2) is 35.0 Å². The van der Waals surface area contributed by atoms with Crippen molar-refractivity contribution in [2.45, 2.75) is 44.4 Å². The van der Waals surface area contributed by atoms with E-state index in [2.05, 4.69) is 4.99 Å². The van der Waals surface area contributed by atoms with Crippen molar-refractivity contribution in [3.63, 3.8) is 0 Å². The molecule has 1 unspecified atom stereocenters. The molecule has 25 heavy (non-hydrogen) atoms. The summed E-state index contributed by atoms with van der Waals surface area (Å²) in [4.78, 5) is 17.9. The Morgan fingerprint density at radius 1 is 1.28 bits per heavy atom. The Morgan fingerprint density at radius 3 is 2.68 bits per heavy atom. The van der Waals surface area contributed by atoms with E-state index in [1.807, 2.05) is 6.08 Å². The Hall–Kier alpha value is -2.31. The smallest absolute Gasteiger partial charge is 0.418 e. The number of benzene rings is 1. The molecule has 132 valence electrons. The van der Waals surface area contributed by atoms with E-state index in [-0.39, 0.29) is 5.69 Å². The molecule has 0 bridgehead atoms. The molecule has 1 spiro atoms. The lowest BCUT2D eigenvalue weighted by Gasteiger charge is -2.37. The molecule has 1 atom stereocenters. The summed E-state index contributed by atoms with van der Waals surface area (Å²) in [5.41, 5.74) is -0.434. The van der Waals surface area contributed by atoms with Crippen molar-refractivity contribution in [3.8, 4) is 0 Å². The van der Waals surface area contributed by atoms with Crippen molar-refractivity contribution < 1.29 is 22.7 Å². The highest BCUT2D eigenvalue weighted by atomic mass is 19.4.